The van der Waals surface area contributed by atoms with Crippen molar-refractivity contribution in [3.05, 3.63) is 89.5 Å². The second-order valence-electron chi connectivity index (χ2n) is 12.5. The summed E-state index contributed by atoms with van der Waals surface area (Å²) in [4.78, 5) is 38.6. The number of para-hydroxylation sites is 2. The van der Waals surface area contributed by atoms with Crippen LogP contribution < -0.4 is 14.8 Å². The molecular formula is C36H43N3O9S. The Balaban J connectivity index is 1.33. The summed E-state index contributed by atoms with van der Waals surface area (Å²) in [6.07, 6.45) is 1.78. The van der Waals surface area contributed by atoms with Crippen molar-refractivity contribution in [2.24, 2.45) is 5.92 Å². The molecule has 2 amide bonds. The van der Waals surface area contributed by atoms with Crippen LogP contribution in [0.5, 0.6) is 11.5 Å². The molecule has 5 rings (SSSR count). The second kappa shape index (κ2) is 15.8. The number of nitrogens with zero attached hydrogens (tertiary/aromatic N) is 1. The van der Waals surface area contributed by atoms with Crippen molar-refractivity contribution in [2.75, 3.05) is 40.5 Å². The van der Waals surface area contributed by atoms with E-state index in [1.54, 1.807) is 19.2 Å². The van der Waals surface area contributed by atoms with Crippen molar-refractivity contribution in [1.29, 1.82) is 0 Å². The summed E-state index contributed by atoms with van der Waals surface area (Å²) < 4.78 is 45.6. The van der Waals surface area contributed by atoms with Crippen molar-refractivity contribution >= 4 is 28.0 Å². The van der Waals surface area contributed by atoms with Gasteiger partial charge in [0.1, 0.15) is 11.5 Å². The lowest BCUT2D eigenvalue weighted by Crippen LogP contribution is -2.56. The highest BCUT2D eigenvalue weighted by Gasteiger charge is 2.43. The molecule has 0 aliphatic carbocycles. The molecule has 1 saturated heterocycles. The molecule has 0 aromatic heterocycles. The minimum absolute atomic E-state index is 0.00460. The maximum absolute atomic E-state index is 13.9. The SMILES string of the molecule is COCCCCC1(CNC(=O)[C@H]2C[C@@H](NS(=O)(=O)c3ccc(CCC(=O)OC)cc3)CN(C(=O)O)C2)c2ccccc2Oc2ccccc21. The van der Waals surface area contributed by atoms with Crippen LogP contribution in [-0.2, 0) is 40.9 Å². The molecule has 0 radical (unpaired) electrons. The molecule has 3 N–H and O–H groups in total. The predicted molar refractivity (Wildman–Crippen MR) is 181 cm³/mol. The standard InChI is InChI=1S/C36H43N3O9S/c1-46-20-8-7-19-36(29-9-3-5-11-31(29)48-32-12-6-4-10-30(32)36)24-37-34(41)26-21-27(23-39(22-26)35(42)43)38-49(44,45)28-16-13-25(14-17-28)15-18-33(40)47-2/h3-6,9-14,16-17,26-27,38H,7-8,15,18-24H2,1-2H3,(H,37,41)(H,42,43)/t26-,27+/m0/s1. The number of benzene rings is 3. The third-order valence-electron chi connectivity index (χ3n) is 9.28. The highest BCUT2D eigenvalue weighted by atomic mass is 32.2. The number of fused-ring (bicyclic) bond motifs is 2. The van der Waals surface area contributed by atoms with Crippen LogP contribution in [0.4, 0.5) is 4.79 Å². The van der Waals surface area contributed by atoms with E-state index in [2.05, 4.69) is 14.8 Å². The van der Waals surface area contributed by atoms with Gasteiger partial charge in [-0.25, -0.2) is 17.9 Å². The minimum Gasteiger partial charge on any atom is -0.469 e. The van der Waals surface area contributed by atoms with Crippen molar-refractivity contribution < 1.29 is 42.1 Å². The lowest BCUT2D eigenvalue weighted by atomic mass is 9.69. The smallest absolute Gasteiger partial charge is 0.407 e. The fourth-order valence-corrected chi connectivity index (χ4v) is 8.01. The van der Waals surface area contributed by atoms with Crippen molar-refractivity contribution in [2.45, 2.75) is 54.9 Å². The minimum atomic E-state index is -4.05. The van der Waals surface area contributed by atoms with Gasteiger partial charge in [-0.2, -0.15) is 0 Å². The molecule has 262 valence electrons. The van der Waals surface area contributed by atoms with Gasteiger partial charge >= 0.3 is 12.1 Å². The van der Waals surface area contributed by atoms with Crippen LogP contribution in [0.15, 0.2) is 77.7 Å². The van der Waals surface area contributed by atoms with Crippen molar-refractivity contribution in [3.8, 4) is 11.5 Å². The summed E-state index contributed by atoms with van der Waals surface area (Å²) in [5.74, 6) is -0.0976. The van der Waals surface area contributed by atoms with Crippen LogP contribution in [0, 0.1) is 5.92 Å². The zero-order valence-electron chi connectivity index (χ0n) is 27.7. The Morgan fingerprint density at radius 1 is 0.939 bits per heavy atom. The van der Waals surface area contributed by atoms with E-state index in [0.29, 0.717) is 30.9 Å². The Morgan fingerprint density at radius 3 is 2.20 bits per heavy atom. The normalized spacial score (nSPS) is 18.0. The van der Waals surface area contributed by atoms with Crippen LogP contribution in [0.1, 0.15) is 48.8 Å². The van der Waals surface area contributed by atoms with Crippen molar-refractivity contribution in [3.63, 3.8) is 0 Å². The van der Waals surface area contributed by atoms with E-state index in [0.717, 1.165) is 34.4 Å². The molecule has 49 heavy (non-hydrogen) atoms. The molecule has 0 bridgehead atoms. The number of ether oxygens (including phenoxy) is 3. The Kier molecular flexibility index (Phi) is 11.6. The van der Waals surface area contributed by atoms with Gasteiger partial charge < -0.3 is 29.5 Å². The molecule has 0 spiro atoms. The molecule has 2 aliphatic rings. The van der Waals surface area contributed by atoms with E-state index in [4.69, 9.17) is 9.47 Å². The Hall–Kier alpha value is -4.46. The van der Waals surface area contributed by atoms with Gasteiger partial charge in [-0.15, -0.1) is 0 Å². The number of hydrogen-bond donors (Lipinski definition) is 3. The number of hydrogen-bond acceptors (Lipinski definition) is 8. The third kappa shape index (κ3) is 8.41. The van der Waals surface area contributed by atoms with Gasteiger partial charge in [0, 0.05) is 62.4 Å². The molecule has 12 nitrogen and oxygen atoms in total. The van der Waals surface area contributed by atoms with Crippen LogP contribution in [0.3, 0.4) is 0 Å². The topological polar surface area (TPSA) is 161 Å². The lowest BCUT2D eigenvalue weighted by Gasteiger charge is -2.41. The number of unbranched alkanes of at least 4 members (excludes halogenated alkanes) is 1. The number of piperidine rings is 1. The molecule has 1 fully saturated rings. The Bertz CT molecular complexity index is 1700. The van der Waals surface area contributed by atoms with Gasteiger partial charge in [-0.3, -0.25) is 9.59 Å². The summed E-state index contributed by atoms with van der Waals surface area (Å²) in [5.41, 5.74) is 2.04. The van der Waals surface area contributed by atoms with E-state index in [9.17, 15) is 27.9 Å². The zero-order valence-corrected chi connectivity index (χ0v) is 28.5. The van der Waals surface area contributed by atoms with Crippen LogP contribution in [0.2, 0.25) is 0 Å². The molecule has 0 saturated carbocycles. The largest absolute Gasteiger partial charge is 0.469 e. The fourth-order valence-electron chi connectivity index (χ4n) is 6.77. The Morgan fingerprint density at radius 2 is 1.59 bits per heavy atom. The van der Waals surface area contributed by atoms with Gasteiger partial charge in [-0.05, 0) is 61.9 Å². The highest BCUT2D eigenvalue weighted by Crippen LogP contribution is 2.50. The monoisotopic (exact) mass is 693 g/mol. The first kappa shape index (κ1) is 35.8. The molecule has 0 unspecified atom stereocenters. The highest BCUT2D eigenvalue weighted by molar-refractivity contribution is 7.89. The number of rotatable bonds is 14. The van der Waals surface area contributed by atoms with Gasteiger partial charge in [0.25, 0.3) is 0 Å². The first-order valence-electron chi connectivity index (χ1n) is 16.4. The first-order valence-corrected chi connectivity index (χ1v) is 17.8. The molecule has 2 atom stereocenters. The van der Waals surface area contributed by atoms with E-state index in [1.807, 2.05) is 48.5 Å². The van der Waals surface area contributed by atoms with E-state index < -0.39 is 33.5 Å². The van der Waals surface area contributed by atoms with E-state index in [1.165, 1.54) is 19.2 Å². The summed E-state index contributed by atoms with van der Waals surface area (Å²) >= 11 is 0. The summed E-state index contributed by atoms with van der Waals surface area (Å²) in [5, 5.41) is 13.0. The number of esters is 1. The number of likely N-dealkylation sites (tertiary alicyclic amines) is 1. The molecular weight excluding hydrogens is 650 g/mol. The maximum atomic E-state index is 13.9. The number of carboxylic acid groups (broad SMARTS) is 1. The van der Waals surface area contributed by atoms with Crippen molar-refractivity contribution in [1.82, 2.24) is 14.9 Å². The summed E-state index contributed by atoms with van der Waals surface area (Å²) in [7, 11) is -1.08. The van der Waals surface area contributed by atoms with E-state index >= 15 is 0 Å². The third-order valence-corrected chi connectivity index (χ3v) is 10.8. The molecule has 2 heterocycles. The number of methoxy groups -OCH3 is 2. The van der Waals surface area contributed by atoms with Gasteiger partial charge in [0.15, 0.2) is 0 Å². The number of amides is 2. The van der Waals surface area contributed by atoms with Crippen LogP contribution in [-0.4, -0.2) is 82.9 Å². The van der Waals surface area contributed by atoms with Gasteiger partial charge in [0.05, 0.1) is 17.9 Å². The summed E-state index contributed by atoms with van der Waals surface area (Å²) in [6, 6.07) is 20.8. The Labute approximate surface area is 286 Å². The maximum Gasteiger partial charge on any atom is 0.407 e. The molecule has 2 aliphatic heterocycles. The van der Waals surface area contributed by atoms with Crippen LogP contribution >= 0.6 is 0 Å². The average Bonchev–Trinajstić information content (AvgIpc) is 3.11. The molecule has 3 aromatic rings. The number of carbonyl (C=O) groups excluding carboxylic acids is 2. The lowest BCUT2D eigenvalue weighted by molar-refractivity contribution is -0.140. The van der Waals surface area contributed by atoms with Crippen LogP contribution in [0.25, 0.3) is 0 Å². The zero-order chi connectivity index (χ0) is 35.0. The van der Waals surface area contributed by atoms with Gasteiger partial charge in [-0.1, -0.05) is 48.5 Å². The number of carbonyl (C=O) groups is 3. The molecule has 3 aromatic carbocycles. The number of sulfonamides is 1. The second-order valence-corrected chi connectivity index (χ2v) is 14.2. The fraction of sp³-hybridized carbons (Fsp3) is 0.417. The summed E-state index contributed by atoms with van der Waals surface area (Å²) in [6.45, 7) is 0.674. The quantitative estimate of drug-likeness (QED) is 0.164. The number of aryl methyl sites for hydroxylation is 1. The van der Waals surface area contributed by atoms with Gasteiger partial charge in [0.2, 0.25) is 15.9 Å². The molecule has 13 heteroatoms. The predicted octanol–water partition coefficient (Wildman–Crippen LogP) is 4.46. The number of nitrogens with one attached hydrogen (secondary N) is 2. The van der Waals surface area contributed by atoms with E-state index in [-0.39, 0.29) is 49.2 Å². The first-order chi connectivity index (χ1) is 23.6. The average molecular weight is 694 g/mol.